The van der Waals surface area contributed by atoms with Crippen molar-refractivity contribution in [2.75, 3.05) is 0 Å². The predicted octanol–water partition coefficient (Wildman–Crippen LogP) is 6.67. The summed E-state index contributed by atoms with van der Waals surface area (Å²) in [6.45, 7) is 3.65. The van der Waals surface area contributed by atoms with Gasteiger partial charge in [-0.25, -0.2) is 28.1 Å². The van der Waals surface area contributed by atoms with Crippen molar-refractivity contribution in [1.29, 1.82) is 0 Å². The number of carboxylic acids is 1. The fourth-order valence-corrected chi connectivity index (χ4v) is 4.32. The summed E-state index contributed by atoms with van der Waals surface area (Å²) in [6, 6.07) is 22.7. The lowest BCUT2D eigenvalue weighted by molar-refractivity contribution is 0.0693. The molecule has 0 unspecified atom stereocenters. The van der Waals surface area contributed by atoms with Crippen LogP contribution in [0, 0.1) is 11.6 Å². The van der Waals surface area contributed by atoms with E-state index in [1.807, 2.05) is 74.5 Å². The SMILES string of the molecule is CC(C)c1c(C(=O)O)cnc2c(-c3cccc(F)c3F)c(N=C(c3ccccc3)c3ccccc3)nn12. The first kappa shape index (κ1) is 24.0. The van der Waals surface area contributed by atoms with Gasteiger partial charge in [-0.1, -0.05) is 86.6 Å². The highest BCUT2D eigenvalue weighted by molar-refractivity contribution is 6.14. The van der Waals surface area contributed by atoms with Gasteiger partial charge in [-0.3, -0.25) is 0 Å². The second-order valence-corrected chi connectivity index (χ2v) is 8.74. The van der Waals surface area contributed by atoms with Crippen LogP contribution in [0.2, 0.25) is 0 Å². The quantitative estimate of drug-likeness (QED) is 0.267. The van der Waals surface area contributed by atoms with Gasteiger partial charge in [0.15, 0.2) is 23.1 Å². The Labute approximate surface area is 211 Å². The van der Waals surface area contributed by atoms with Gasteiger partial charge in [0, 0.05) is 22.9 Å². The molecule has 0 amide bonds. The minimum absolute atomic E-state index is 0.0295. The molecule has 0 aliphatic heterocycles. The van der Waals surface area contributed by atoms with E-state index in [2.05, 4.69) is 10.1 Å². The molecule has 184 valence electrons. The largest absolute Gasteiger partial charge is 0.478 e. The summed E-state index contributed by atoms with van der Waals surface area (Å²) in [7, 11) is 0. The Balaban J connectivity index is 1.90. The number of fused-ring (bicyclic) bond motifs is 1. The van der Waals surface area contributed by atoms with Crippen LogP contribution in [0.25, 0.3) is 16.8 Å². The molecule has 5 aromatic rings. The van der Waals surface area contributed by atoms with Gasteiger partial charge in [0.25, 0.3) is 0 Å². The van der Waals surface area contributed by atoms with Gasteiger partial charge < -0.3 is 5.11 Å². The van der Waals surface area contributed by atoms with Crippen LogP contribution in [-0.4, -0.2) is 31.4 Å². The molecule has 0 saturated carbocycles. The summed E-state index contributed by atoms with van der Waals surface area (Å²) in [6.07, 6.45) is 1.22. The number of aromatic nitrogens is 3. The van der Waals surface area contributed by atoms with E-state index in [1.54, 1.807) is 0 Å². The molecule has 0 fully saturated rings. The molecular weight excluding hydrogens is 474 g/mol. The van der Waals surface area contributed by atoms with Crippen LogP contribution in [0.4, 0.5) is 14.6 Å². The molecule has 1 N–H and O–H groups in total. The molecule has 0 aliphatic rings. The maximum atomic E-state index is 15.1. The predicted molar refractivity (Wildman–Crippen MR) is 138 cm³/mol. The lowest BCUT2D eigenvalue weighted by Gasteiger charge is -2.11. The highest BCUT2D eigenvalue weighted by Crippen LogP contribution is 2.38. The van der Waals surface area contributed by atoms with Gasteiger partial charge >= 0.3 is 5.97 Å². The number of aromatic carboxylic acids is 1. The first-order valence-electron chi connectivity index (χ1n) is 11.7. The van der Waals surface area contributed by atoms with E-state index in [0.29, 0.717) is 11.4 Å². The number of halogens is 2. The van der Waals surface area contributed by atoms with E-state index < -0.39 is 17.6 Å². The smallest absolute Gasteiger partial charge is 0.339 e. The van der Waals surface area contributed by atoms with Crippen molar-refractivity contribution in [3.05, 3.63) is 119 Å². The van der Waals surface area contributed by atoms with Crippen molar-refractivity contribution in [3.8, 4) is 11.1 Å². The van der Waals surface area contributed by atoms with Crippen LogP contribution in [0.5, 0.6) is 0 Å². The Hall–Kier alpha value is -4.72. The van der Waals surface area contributed by atoms with Crippen molar-refractivity contribution >= 4 is 23.1 Å². The average molecular weight is 497 g/mol. The molecule has 0 spiro atoms. The molecule has 37 heavy (non-hydrogen) atoms. The number of hydrogen-bond acceptors (Lipinski definition) is 4. The minimum Gasteiger partial charge on any atom is -0.478 e. The zero-order chi connectivity index (χ0) is 26.1. The van der Waals surface area contributed by atoms with Crippen molar-refractivity contribution in [1.82, 2.24) is 14.6 Å². The number of rotatable bonds is 6. The molecule has 5 rings (SSSR count). The van der Waals surface area contributed by atoms with Gasteiger partial charge in [0.2, 0.25) is 0 Å². The fraction of sp³-hybridized carbons (Fsp3) is 0.103. The van der Waals surface area contributed by atoms with E-state index >= 15 is 4.39 Å². The van der Waals surface area contributed by atoms with Crippen LogP contribution in [0.3, 0.4) is 0 Å². The number of nitrogens with zero attached hydrogens (tertiary/aromatic N) is 4. The normalized spacial score (nSPS) is 11.2. The first-order chi connectivity index (χ1) is 17.9. The summed E-state index contributed by atoms with van der Waals surface area (Å²) in [5.74, 6) is -3.42. The zero-order valence-corrected chi connectivity index (χ0v) is 20.1. The molecule has 0 bridgehead atoms. The molecule has 0 atom stereocenters. The zero-order valence-electron chi connectivity index (χ0n) is 20.1. The van der Waals surface area contributed by atoms with Crippen LogP contribution in [-0.2, 0) is 0 Å². The number of carbonyl (C=O) groups is 1. The van der Waals surface area contributed by atoms with E-state index in [-0.39, 0.29) is 34.1 Å². The lowest BCUT2D eigenvalue weighted by Crippen LogP contribution is -2.12. The Bertz CT molecular complexity index is 1600. The summed E-state index contributed by atoms with van der Waals surface area (Å²) in [5.41, 5.74) is 2.76. The van der Waals surface area contributed by atoms with Gasteiger partial charge in [-0.15, -0.1) is 5.10 Å². The number of benzene rings is 3. The van der Waals surface area contributed by atoms with Crippen LogP contribution in [0.1, 0.15) is 46.9 Å². The molecule has 3 aromatic carbocycles. The monoisotopic (exact) mass is 496 g/mol. The van der Waals surface area contributed by atoms with E-state index in [9.17, 15) is 14.3 Å². The molecule has 0 aliphatic carbocycles. The Morgan fingerprint density at radius 3 is 2.11 bits per heavy atom. The summed E-state index contributed by atoms with van der Waals surface area (Å²) < 4.78 is 30.9. The average Bonchev–Trinajstić information content (AvgIpc) is 3.27. The first-order valence-corrected chi connectivity index (χ1v) is 11.7. The highest BCUT2D eigenvalue weighted by Gasteiger charge is 2.26. The summed E-state index contributed by atoms with van der Waals surface area (Å²) >= 11 is 0. The van der Waals surface area contributed by atoms with Crippen molar-refractivity contribution in [3.63, 3.8) is 0 Å². The fourth-order valence-electron chi connectivity index (χ4n) is 4.32. The van der Waals surface area contributed by atoms with Gasteiger partial charge in [0.05, 0.1) is 22.5 Å². The molecule has 8 heteroatoms. The topological polar surface area (TPSA) is 79.8 Å². The summed E-state index contributed by atoms with van der Waals surface area (Å²) in [4.78, 5) is 21.2. The maximum Gasteiger partial charge on any atom is 0.339 e. The molecule has 0 radical (unpaired) electrons. The van der Waals surface area contributed by atoms with Crippen LogP contribution < -0.4 is 0 Å². The molecule has 0 saturated heterocycles. The standard InChI is InChI=1S/C29H22F2N4O2/c1-17(2)26-21(29(36)37)16-32-28-23(20-14-9-15-22(30)24(20)31)27(34-35(26)28)33-25(18-10-5-3-6-11-18)19-12-7-4-8-13-19/h3-17H,1-2H3,(H,36,37). The minimum atomic E-state index is -1.16. The lowest BCUT2D eigenvalue weighted by atomic mass is 10.0. The molecule has 2 aromatic heterocycles. The molecule has 6 nitrogen and oxygen atoms in total. The third-order valence-corrected chi connectivity index (χ3v) is 5.97. The third kappa shape index (κ3) is 4.38. The van der Waals surface area contributed by atoms with Crippen LogP contribution in [0.15, 0.2) is 90.1 Å². The van der Waals surface area contributed by atoms with Gasteiger partial charge in [0.1, 0.15) is 0 Å². The van der Waals surface area contributed by atoms with Crippen molar-refractivity contribution in [2.45, 2.75) is 19.8 Å². The number of carboxylic acid groups (broad SMARTS) is 1. The van der Waals surface area contributed by atoms with E-state index in [0.717, 1.165) is 17.2 Å². The Morgan fingerprint density at radius 1 is 0.919 bits per heavy atom. The highest BCUT2D eigenvalue weighted by atomic mass is 19.2. The maximum absolute atomic E-state index is 15.1. The Morgan fingerprint density at radius 2 is 1.54 bits per heavy atom. The van der Waals surface area contributed by atoms with Gasteiger partial charge in [-0.2, -0.15) is 0 Å². The summed E-state index contributed by atoms with van der Waals surface area (Å²) in [5, 5.41) is 14.4. The second-order valence-electron chi connectivity index (χ2n) is 8.74. The second kappa shape index (κ2) is 9.73. The molecule has 2 heterocycles. The Kier molecular flexibility index (Phi) is 6.31. The van der Waals surface area contributed by atoms with E-state index in [1.165, 1.54) is 22.8 Å². The van der Waals surface area contributed by atoms with Gasteiger partial charge in [-0.05, 0) is 12.0 Å². The van der Waals surface area contributed by atoms with Crippen LogP contribution >= 0.6 is 0 Å². The third-order valence-electron chi connectivity index (χ3n) is 5.97. The van der Waals surface area contributed by atoms with E-state index in [4.69, 9.17) is 4.99 Å². The van der Waals surface area contributed by atoms with Crippen molar-refractivity contribution in [2.24, 2.45) is 4.99 Å². The van der Waals surface area contributed by atoms with Crippen molar-refractivity contribution < 1.29 is 18.7 Å². The number of hydrogen-bond donors (Lipinski definition) is 1. The molecular formula is C29H22F2N4O2. The number of aliphatic imine (C=N–C) groups is 1.